The van der Waals surface area contributed by atoms with Crippen LogP contribution in [0.15, 0.2) is 0 Å². The highest BCUT2D eigenvalue weighted by atomic mass is 15.3. The first-order chi connectivity index (χ1) is 9.19. The molecule has 3 nitrogen and oxygen atoms in total. The number of rotatable bonds is 5. The molecule has 0 aliphatic carbocycles. The third-order valence-electron chi connectivity index (χ3n) is 5.22. The van der Waals surface area contributed by atoms with E-state index >= 15 is 0 Å². The summed E-state index contributed by atoms with van der Waals surface area (Å²) in [6.45, 7) is 18.6. The van der Waals surface area contributed by atoms with E-state index in [-0.39, 0.29) is 0 Å². The van der Waals surface area contributed by atoms with Gasteiger partial charge in [0.05, 0.1) is 0 Å². The molecule has 0 atom stereocenters. The molecule has 2 rings (SSSR count). The lowest BCUT2D eigenvalue weighted by Crippen LogP contribution is -2.48. The van der Waals surface area contributed by atoms with Gasteiger partial charge >= 0.3 is 0 Å². The van der Waals surface area contributed by atoms with Gasteiger partial charge < -0.3 is 9.80 Å². The summed E-state index contributed by atoms with van der Waals surface area (Å²) in [6, 6.07) is 0. The van der Waals surface area contributed by atoms with Crippen LogP contribution in [0.25, 0.3) is 0 Å². The third kappa shape index (κ3) is 4.73. The van der Waals surface area contributed by atoms with E-state index in [4.69, 9.17) is 0 Å². The van der Waals surface area contributed by atoms with E-state index in [9.17, 15) is 0 Å². The normalized spacial score (nSPS) is 25.3. The van der Waals surface area contributed by atoms with E-state index in [1.165, 1.54) is 71.7 Å². The lowest BCUT2D eigenvalue weighted by atomic mass is 9.87. The SMILES string of the molecule is CCN1CCN(CCN2CCC(C(C)C)CC2)CC1. The summed E-state index contributed by atoms with van der Waals surface area (Å²) >= 11 is 0. The van der Waals surface area contributed by atoms with Gasteiger partial charge in [-0.15, -0.1) is 0 Å². The van der Waals surface area contributed by atoms with E-state index in [1.54, 1.807) is 0 Å². The van der Waals surface area contributed by atoms with Crippen LogP contribution in [0.2, 0.25) is 0 Å². The largest absolute Gasteiger partial charge is 0.302 e. The van der Waals surface area contributed by atoms with Crippen LogP contribution in [0.3, 0.4) is 0 Å². The zero-order valence-corrected chi connectivity index (χ0v) is 13.3. The van der Waals surface area contributed by atoms with Crippen molar-refractivity contribution in [3.8, 4) is 0 Å². The van der Waals surface area contributed by atoms with Gasteiger partial charge in [0.2, 0.25) is 0 Å². The van der Waals surface area contributed by atoms with Crippen molar-refractivity contribution in [2.45, 2.75) is 33.6 Å². The molecule has 2 aliphatic heterocycles. The zero-order chi connectivity index (χ0) is 13.7. The number of likely N-dealkylation sites (N-methyl/N-ethyl adjacent to an activating group) is 1. The number of likely N-dealkylation sites (tertiary alicyclic amines) is 1. The lowest BCUT2D eigenvalue weighted by molar-refractivity contribution is 0.105. The van der Waals surface area contributed by atoms with Gasteiger partial charge in [-0.1, -0.05) is 20.8 Å². The van der Waals surface area contributed by atoms with Crippen molar-refractivity contribution in [1.29, 1.82) is 0 Å². The monoisotopic (exact) mass is 267 g/mol. The van der Waals surface area contributed by atoms with Crippen LogP contribution in [0.4, 0.5) is 0 Å². The Hall–Kier alpha value is -0.120. The van der Waals surface area contributed by atoms with E-state index in [1.807, 2.05) is 0 Å². The molecule has 0 spiro atoms. The van der Waals surface area contributed by atoms with Gasteiger partial charge in [0.25, 0.3) is 0 Å². The first kappa shape index (κ1) is 15.3. The highest BCUT2D eigenvalue weighted by Gasteiger charge is 2.22. The van der Waals surface area contributed by atoms with Crippen molar-refractivity contribution in [3.05, 3.63) is 0 Å². The maximum absolute atomic E-state index is 2.69. The van der Waals surface area contributed by atoms with Gasteiger partial charge in [-0.3, -0.25) is 4.90 Å². The summed E-state index contributed by atoms with van der Waals surface area (Å²) in [5.74, 6) is 1.86. The Morgan fingerprint density at radius 1 is 0.789 bits per heavy atom. The Bertz CT molecular complexity index is 238. The minimum Gasteiger partial charge on any atom is -0.302 e. The Labute approximate surface area is 119 Å². The van der Waals surface area contributed by atoms with Crippen LogP contribution in [0.1, 0.15) is 33.6 Å². The molecule has 0 unspecified atom stereocenters. The molecule has 0 aromatic carbocycles. The number of nitrogens with zero attached hydrogens (tertiary/aromatic N) is 3. The Kier molecular flexibility index (Phi) is 6.11. The van der Waals surface area contributed by atoms with Crippen LogP contribution >= 0.6 is 0 Å². The maximum atomic E-state index is 2.69. The predicted molar refractivity (Wildman–Crippen MR) is 82.6 cm³/mol. The van der Waals surface area contributed by atoms with Gasteiger partial charge in [-0.05, 0) is 44.3 Å². The van der Waals surface area contributed by atoms with Crippen LogP contribution < -0.4 is 0 Å². The molecule has 19 heavy (non-hydrogen) atoms. The maximum Gasteiger partial charge on any atom is 0.0110 e. The second-order valence-corrected chi connectivity index (χ2v) is 6.70. The quantitative estimate of drug-likeness (QED) is 0.754. The fraction of sp³-hybridized carbons (Fsp3) is 1.00. The van der Waals surface area contributed by atoms with Gasteiger partial charge in [0, 0.05) is 39.3 Å². The van der Waals surface area contributed by atoms with Crippen molar-refractivity contribution in [2.24, 2.45) is 11.8 Å². The second-order valence-electron chi connectivity index (χ2n) is 6.70. The molecule has 0 saturated carbocycles. The van der Waals surface area contributed by atoms with Crippen molar-refractivity contribution in [1.82, 2.24) is 14.7 Å². The molecule has 112 valence electrons. The number of piperidine rings is 1. The lowest BCUT2D eigenvalue weighted by Gasteiger charge is -2.37. The Balaban J connectivity index is 1.59. The van der Waals surface area contributed by atoms with Crippen molar-refractivity contribution in [3.63, 3.8) is 0 Å². The van der Waals surface area contributed by atoms with E-state index in [2.05, 4.69) is 35.5 Å². The average molecular weight is 267 g/mol. The highest BCUT2D eigenvalue weighted by Crippen LogP contribution is 2.24. The molecule has 2 fully saturated rings. The number of hydrogen-bond acceptors (Lipinski definition) is 3. The molecular formula is C16H33N3. The minimum atomic E-state index is 0.879. The van der Waals surface area contributed by atoms with Crippen LogP contribution in [-0.2, 0) is 0 Å². The van der Waals surface area contributed by atoms with E-state index in [0.717, 1.165) is 11.8 Å². The average Bonchev–Trinajstić information content (AvgIpc) is 2.46. The van der Waals surface area contributed by atoms with Gasteiger partial charge in [0.15, 0.2) is 0 Å². The summed E-state index contributed by atoms with van der Waals surface area (Å²) in [6.07, 6.45) is 2.84. The van der Waals surface area contributed by atoms with Crippen molar-refractivity contribution >= 4 is 0 Å². The molecule has 3 heteroatoms. The molecule has 2 aliphatic rings. The summed E-state index contributed by atoms with van der Waals surface area (Å²) in [5, 5.41) is 0. The summed E-state index contributed by atoms with van der Waals surface area (Å²) in [5.41, 5.74) is 0. The fourth-order valence-electron chi connectivity index (χ4n) is 3.46. The number of piperazine rings is 1. The first-order valence-corrected chi connectivity index (χ1v) is 8.36. The molecule has 0 aromatic rings. The second kappa shape index (κ2) is 7.61. The summed E-state index contributed by atoms with van der Waals surface area (Å²) in [7, 11) is 0. The van der Waals surface area contributed by atoms with Gasteiger partial charge in [-0.25, -0.2) is 0 Å². The molecular weight excluding hydrogens is 234 g/mol. The number of hydrogen-bond donors (Lipinski definition) is 0. The summed E-state index contributed by atoms with van der Waals surface area (Å²) in [4.78, 5) is 7.90. The molecule has 0 amide bonds. The molecule has 0 N–H and O–H groups in total. The van der Waals surface area contributed by atoms with Crippen LogP contribution in [-0.4, -0.2) is 73.6 Å². The topological polar surface area (TPSA) is 9.72 Å². The van der Waals surface area contributed by atoms with Crippen LogP contribution in [0, 0.1) is 11.8 Å². The molecule has 2 saturated heterocycles. The third-order valence-corrected chi connectivity index (χ3v) is 5.22. The van der Waals surface area contributed by atoms with Gasteiger partial charge in [-0.2, -0.15) is 0 Å². The Morgan fingerprint density at radius 2 is 1.26 bits per heavy atom. The first-order valence-electron chi connectivity index (χ1n) is 8.36. The zero-order valence-electron chi connectivity index (χ0n) is 13.3. The van der Waals surface area contributed by atoms with E-state index < -0.39 is 0 Å². The fourth-order valence-corrected chi connectivity index (χ4v) is 3.46. The van der Waals surface area contributed by atoms with Crippen LogP contribution in [0.5, 0.6) is 0 Å². The van der Waals surface area contributed by atoms with Crippen molar-refractivity contribution < 1.29 is 0 Å². The van der Waals surface area contributed by atoms with Gasteiger partial charge in [0.1, 0.15) is 0 Å². The standard InChI is InChI=1S/C16H33N3/c1-4-17-9-11-19(12-10-17)14-13-18-7-5-16(6-8-18)15(2)3/h15-16H,4-14H2,1-3H3. The predicted octanol–water partition coefficient (Wildman–Crippen LogP) is 1.99. The van der Waals surface area contributed by atoms with Crippen molar-refractivity contribution in [2.75, 3.05) is 58.9 Å². The molecule has 0 bridgehead atoms. The smallest absolute Gasteiger partial charge is 0.0110 e. The molecule has 0 aromatic heterocycles. The highest BCUT2D eigenvalue weighted by molar-refractivity contribution is 4.76. The molecule has 0 radical (unpaired) electrons. The minimum absolute atomic E-state index is 0.879. The Morgan fingerprint density at radius 3 is 1.74 bits per heavy atom. The summed E-state index contributed by atoms with van der Waals surface area (Å²) < 4.78 is 0. The van der Waals surface area contributed by atoms with E-state index in [0.29, 0.717) is 0 Å². The molecule has 2 heterocycles.